The van der Waals surface area contributed by atoms with Crippen molar-refractivity contribution in [1.82, 2.24) is 10.3 Å². The molecule has 4 nitrogen and oxygen atoms in total. The van der Waals surface area contributed by atoms with E-state index in [4.69, 9.17) is 11.6 Å². The number of aromatic nitrogens is 1. The molecule has 0 aliphatic rings. The van der Waals surface area contributed by atoms with Gasteiger partial charge in [-0.3, -0.25) is 4.79 Å². The van der Waals surface area contributed by atoms with Crippen molar-refractivity contribution in [2.24, 2.45) is 0 Å². The summed E-state index contributed by atoms with van der Waals surface area (Å²) < 4.78 is 35.9. The predicted molar refractivity (Wildman–Crippen MR) is 71.0 cm³/mol. The first kappa shape index (κ1) is 16.6. The fraction of sp³-hybridized carbons (Fsp3) is 0.500. The van der Waals surface area contributed by atoms with Gasteiger partial charge in [0.15, 0.2) is 0 Å². The second-order valence-corrected chi connectivity index (χ2v) is 4.51. The molecule has 0 radical (unpaired) electrons. The van der Waals surface area contributed by atoms with Gasteiger partial charge in [0.1, 0.15) is 5.82 Å². The SMILES string of the molecule is CCCNc1ncc(C(=O)NCCC(F)(F)F)cc1Cl. The highest BCUT2D eigenvalue weighted by Crippen LogP contribution is 2.20. The minimum atomic E-state index is -4.29. The first-order chi connectivity index (χ1) is 9.33. The standard InChI is InChI=1S/C12H15ClF3N3O/c1-2-4-17-10-9(13)6-8(7-19-10)11(20)18-5-3-12(14,15)16/h6-7H,2-5H2,1H3,(H,17,19)(H,18,20). The van der Waals surface area contributed by atoms with Crippen LogP contribution in [0.4, 0.5) is 19.0 Å². The summed E-state index contributed by atoms with van der Waals surface area (Å²) >= 11 is 5.93. The number of pyridine rings is 1. The molecule has 112 valence electrons. The van der Waals surface area contributed by atoms with Crippen molar-refractivity contribution in [3.63, 3.8) is 0 Å². The lowest BCUT2D eigenvalue weighted by Crippen LogP contribution is -2.28. The molecule has 8 heteroatoms. The second-order valence-electron chi connectivity index (χ2n) is 4.10. The van der Waals surface area contributed by atoms with Crippen molar-refractivity contribution in [2.45, 2.75) is 25.9 Å². The molecule has 0 unspecified atom stereocenters. The molecule has 0 spiro atoms. The molecule has 0 aliphatic heterocycles. The number of anilines is 1. The molecule has 0 aromatic carbocycles. The molecule has 20 heavy (non-hydrogen) atoms. The number of hydrogen-bond donors (Lipinski definition) is 2. The number of nitrogens with one attached hydrogen (secondary N) is 2. The van der Waals surface area contributed by atoms with E-state index in [0.29, 0.717) is 12.4 Å². The van der Waals surface area contributed by atoms with Crippen LogP contribution in [0.3, 0.4) is 0 Å². The second kappa shape index (κ2) is 7.33. The van der Waals surface area contributed by atoms with E-state index >= 15 is 0 Å². The molecule has 0 aliphatic carbocycles. The summed E-state index contributed by atoms with van der Waals surface area (Å²) in [5.41, 5.74) is 0.124. The van der Waals surface area contributed by atoms with E-state index in [9.17, 15) is 18.0 Å². The van der Waals surface area contributed by atoms with Gasteiger partial charge in [0.2, 0.25) is 0 Å². The van der Waals surface area contributed by atoms with E-state index < -0.39 is 25.0 Å². The normalized spacial score (nSPS) is 11.2. The van der Waals surface area contributed by atoms with E-state index in [2.05, 4.69) is 15.6 Å². The Balaban J connectivity index is 2.58. The van der Waals surface area contributed by atoms with Crippen LogP contribution in [0.5, 0.6) is 0 Å². The van der Waals surface area contributed by atoms with Crippen molar-refractivity contribution >= 4 is 23.3 Å². The number of carbonyl (C=O) groups excluding carboxylic acids is 1. The van der Waals surface area contributed by atoms with Gasteiger partial charge in [-0.1, -0.05) is 18.5 Å². The van der Waals surface area contributed by atoms with Crippen LogP contribution in [-0.4, -0.2) is 30.2 Å². The van der Waals surface area contributed by atoms with E-state index in [1.807, 2.05) is 6.92 Å². The third-order valence-electron chi connectivity index (χ3n) is 2.34. The Morgan fingerprint density at radius 1 is 1.40 bits per heavy atom. The van der Waals surface area contributed by atoms with Crippen LogP contribution < -0.4 is 10.6 Å². The van der Waals surface area contributed by atoms with E-state index in [0.717, 1.165) is 6.42 Å². The zero-order chi connectivity index (χ0) is 15.2. The summed E-state index contributed by atoms with van der Waals surface area (Å²) in [6.45, 7) is 2.18. The van der Waals surface area contributed by atoms with Gasteiger partial charge in [-0.05, 0) is 12.5 Å². The highest BCUT2D eigenvalue weighted by molar-refractivity contribution is 6.33. The molecule has 1 heterocycles. The van der Waals surface area contributed by atoms with Crippen LogP contribution >= 0.6 is 11.6 Å². The Hall–Kier alpha value is -1.50. The van der Waals surface area contributed by atoms with Crippen molar-refractivity contribution in [3.05, 3.63) is 22.8 Å². The van der Waals surface area contributed by atoms with Gasteiger partial charge in [0.05, 0.1) is 17.0 Å². The molecule has 1 rings (SSSR count). The average Bonchev–Trinajstić information content (AvgIpc) is 2.35. The van der Waals surface area contributed by atoms with Crippen LogP contribution in [0.25, 0.3) is 0 Å². The first-order valence-electron chi connectivity index (χ1n) is 6.08. The third kappa shape index (κ3) is 5.64. The maximum absolute atomic E-state index is 12.0. The molecule has 0 bridgehead atoms. The molecule has 0 fully saturated rings. The maximum atomic E-state index is 12.0. The topological polar surface area (TPSA) is 54.0 Å². The van der Waals surface area contributed by atoms with Crippen molar-refractivity contribution in [2.75, 3.05) is 18.4 Å². The minimum Gasteiger partial charge on any atom is -0.369 e. The van der Waals surface area contributed by atoms with Crippen LogP contribution in [0.2, 0.25) is 5.02 Å². The van der Waals surface area contributed by atoms with E-state index in [-0.39, 0.29) is 10.6 Å². The Morgan fingerprint density at radius 2 is 2.10 bits per heavy atom. The smallest absolute Gasteiger partial charge is 0.369 e. The zero-order valence-electron chi connectivity index (χ0n) is 10.9. The summed E-state index contributed by atoms with van der Waals surface area (Å²) in [6, 6.07) is 1.37. The van der Waals surface area contributed by atoms with Crippen molar-refractivity contribution in [3.8, 4) is 0 Å². The molecular formula is C12H15ClF3N3O. The van der Waals surface area contributed by atoms with Crippen LogP contribution in [0.1, 0.15) is 30.1 Å². The lowest BCUT2D eigenvalue weighted by atomic mass is 10.2. The van der Waals surface area contributed by atoms with Gasteiger partial charge in [-0.15, -0.1) is 0 Å². The minimum absolute atomic E-state index is 0.124. The number of alkyl halides is 3. The molecule has 0 saturated heterocycles. The fourth-order valence-corrected chi connectivity index (χ4v) is 1.59. The highest BCUT2D eigenvalue weighted by Gasteiger charge is 2.26. The molecule has 1 aromatic rings. The zero-order valence-corrected chi connectivity index (χ0v) is 11.6. The largest absolute Gasteiger partial charge is 0.390 e. The summed E-state index contributed by atoms with van der Waals surface area (Å²) in [4.78, 5) is 15.6. The van der Waals surface area contributed by atoms with Gasteiger partial charge in [-0.2, -0.15) is 13.2 Å². The Kier molecular flexibility index (Phi) is 6.06. The summed E-state index contributed by atoms with van der Waals surface area (Å²) in [5.74, 6) is -0.189. The summed E-state index contributed by atoms with van der Waals surface area (Å²) in [5, 5.41) is 5.39. The van der Waals surface area contributed by atoms with Gasteiger partial charge in [0.25, 0.3) is 5.91 Å². The Morgan fingerprint density at radius 3 is 2.65 bits per heavy atom. The molecule has 1 aromatic heterocycles. The van der Waals surface area contributed by atoms with Crippen LogP contribution in [-0.2, 0) is 0 Å². The van der Waals surface area contributed by atoms with Gasteiger partial charge >= 0.3 is 6.18 Å². The Labute approximate surface area is 119 Å². The number of amides is 1. The fourth-order valence-electron chi connectivity index (χ4n) is 1.36. The maximum Gasteiger partial charge on any atom is 0.390 e. The quantitative estimate of drug-likeness (QED) is 0.848. The molecular weight excluding hydrogens is 295 g/mol. The van der Waals surface area contributed by atoms with Gasteiger partial charge in [0, 0.05) is 19.3 Å². The first-order valence-corrected chi connectivity index (χ1v) is 6.45. The van der Waals surface area contributed by atoms with Crippen molar-refractivity contribution < 1.29 is 18.0 Å². The number of hydrogen-bond acceptors (Lipinski definition) is 3. The lowest BCUT2D eigenvalue weighted by Gasteiger charge is -2.09. The predicted octanol–water partition coefficient (Wildman–Crippen LogP) is 3.24. The molecule has 2 N–H and O–H groups in total. The van der Waals surface area contributed by atoms with Gasteiger partial charge < -0.3 is 10.6 Å². The monoisotopic (exact) mass is 309 g/mol. The average molecular weight is 310 g/mol. The van der Waals surface area contributed by atoms with Crippen molar-refractivity contribution in [1.29, 1.82) is 0 Å². The van der Waals surface area contributed by atoms with E-state index in [1.54, 1.807) is 0 Å². The number of carbonyl (C=O) groups is 1. The Bertz CT molecular complexity index is 466. The van der Waals surface area contributed by atoms with Gasteiger partial charge in [-0.25, -0.2) is 4.98 Å². The highest BCUT2D eigenvalue weighted by atomic mass is 35.5. The molecule has 1 amide bonds. The van der Waals surface area contributed by atoms with E-state index in [1.165, 1.54) is 12.3 Å². The number of halogens is 4. The summed E-state index contributed by atoms with van der Waals surface area (Å²) in [6.07, 6.45) is -3.21. The molecule has 0 atom stereocenters. The molecule has 0 saturated carbocycles. The third-order valence-corrected chi connectivity index (χ3v) is 2.63. The lowest BCUT2D eigenvalue weighted by molar-refractivity contribution is -0.132. The number of rotatable bonds is 6. The number of nitrogens with zero attached hydrogens (tertiary/aromatic N) is 1. The van der Waals surface area contributed by atoms with Crippen LogP contribution in [0.15, 0.2) is 12.3 Å². The van der Waals surface area contributed by atoms with Crippen LogP contribution in [0, 0.1) is 0 Å². The summed E-state index contributed by atoms with van der Waals surface area (Å²) in [7, 11) is 0.